The molecule has 1 aromatic carbocycles. The molecular weight excluding hydrogens is 296 g/mol. The van der Waals surface area contributed by atoms with Crippen molar-refractivity contribution in [3.63, 3.8) is 0 Å². The van der Waals surface area contributed by atoms with Gasteiger partial charge in [0.25, 0.3) is 5.91 Å². The number of ether oxygens (including phenoxy) is 1. The Hall–Kier alpha value is -2.19. The van der Waals surface area contributed by atoms with Crippen LogP contribution in [0.1, 0.15) is 13.8 Å². The molecule has 8 heteroatoms. The van der Waals surface area contributed by atoms with Crippen molar-refractivity contribution in [3.05, 3.63) is 35.9 Å². The Labute approximate surface area is 122 Å². The predicted octanol–water partition coefficient (Wildman–Crippen LogP) is 0.782. The molecule has 0 unspecified atom stereocenters. The topological polar surface area (TPSA) is 116 Å². The average Bonchev–Trinajstić information content (AvgIpc) is 2.35. The number of primary sulfonamides is 1. The second-order valence-electron chi connectivity index (χ2n) is 4.45. The summed E-state index contributed by atoms with van der Waals surface area (Å²) in [6.07, 6.45) is 1.26. The highest BCUT2D eigenvalue weighted by Crippen LogP contribution is 2.13. The molecule has 0 heterocycles. The van der Waals surface area contributed by atoms with Crippen LogP contribution in [0.4, 0.5) is 5.69 Å². The van der Waals surface area contributed by atoms with Crippen molar-refractivity contribution in [2.45, 2.75) is 18.7 Å². The normalized spacial score (nSPS) is 10.6. The maximum atomic E-state index is 11.6. The van der Waals surface area contributed by atoms with Crippen LogP contribution in [0.5, 0.6) is 0 Å². The molecule has 0 fully saturated rings. The molecular formula is C13H16N2O5S. The molecule has 0 aromatic heterocycles. The second-order valence-corrected chi connectivity index (χ2v) is 6.01. The first kappa shape index (κ1) is 16.9. The lowest BCUT2D eigenvalue weighted by Crippen LogP contribution is -2.20. The van der Waals surface area contributed by atoms with Gasteiger partial charge in [0.2, 0.25) is 10.0 Å². The molecule has 1 aromatic rings. The van der Waals surface area contributed by atoms with Crippen molar-refractivity contribution in [1.82, 2.24) is 0 Å². The van der Waals surface area contributed by atoms with Gasteiger partial charge in [-0.25, -0.2) is 18.4 Å². The molecule has 1 amide bonds. The lowest BCUT2D eigenvalue weighted by Gasteiger charge is -2.07. The van der Waals surface area contributed by atoms with Gasteiger partial charge in [0, 0.05) is 11.8 Å². The fourth-order valence-corrected chi connectivity index (χ4v) is 1.92. The van der Waals surface area contributed by atoms with Crippen LogP contribution in [0.2, 0.25) is 0 Å². The van der Waals surface area contributed by atoms with Gasteiger partial charge in [0.1, 0.15) is 0 Å². The smallest absolute Gasteiger partial charge is 0.331 e. The van der Waals surface area contributed by atoms with Crippen molar-refractivity contribution in [3.8, 4) is 0 Å². The maximum absolute atomic E-state index is 11.6. The summed E-state index contributed by atoms with van der Waals surface area (Å²) in [6.45, 7) is 2.97. The molecule has 0 atom stereocenters. The van der Waals surface area contributed by atoms with Crippen molar-refractivity contribution < 1.29 is 22.7 Å². The number of rotatable bonds is 5. The number of nitrogens with one attached hydrogen (secondary N) is 1. The maximum Gasteiger partial charge on any atom is 0.331 e. The number of allylic oxidation sites excluding steroid dienone is 1. The van der Waals surface area contributed by atoms with E-state index >= 15 is 0 Å². The third-order valence-corrected chi connectivity index (χ3v) is 3.11. The van der Waals surface area contributed by atoms with Crippen LogP contribution >= 0.6 is 0 Å². The highest BCUT2D eigenvalue weighted by Gasteiger charge is 2.10. The van der Waals surface area contributed by atoms with E-state index in [1.54, 1.807) is 13.8 Å². The zero-order chi connectivity index (χ0) is 16.0. The first-order valence-corrected chi connectivity index (χ1v) is 7.47. The first-order chi connectivity index (χ1) is 9.68. The van der Waals surface area contributed by atoms with Gasteiger partial charge in [-0.3, -0.25) is 4.79 Å². The molecule has 0 aliphatic carbocycles. The van der Waals surface area contributed by atoms with E-state index in [2.05, 4.69) is 5.32 Å². The molecule has 21 heavy (non-hydrogen) atoms. The Bertz CT molecular complexity index is 676. The molecule has 3 N–H and O–H groups in total. The molecule has 7 nitrogen and oxygen atoms in total. The van der Waals surface area contributed by atoms with E-state index in [0.717, 1.165) is 5.57 Å². The van der Waals surface area contributed by atoms with Crippen LogP contribution in [0.15, 0.2) is 40.8 Å². The molecule has 0 saturated carbocycles. The Morgan fingerprint density at radius 1 is 1.33 bits per heavy atom. The van der Waals surface area contributed by atoms with E-state index in [4.69, 9.17) is 9.88 Å². The fourth-order valence-electron chi connectivity index (χ4n) is 1.36. The number of sulfonamides is 1. The number of amides is 1. The van der Waals surface area contributed by atoms with E-state index in [1.165, 1.54) is 30.3 Å². The van der Waals surface area contributed by atoms with Crippen molar-refractivity contribution in [1.29, 1.82) is 0 Å². The zero-order valence-corrected chi connectivity index (χ0v) is 12.4. The lowest BCUT2D eigenvalue weighted by atomic mass is 10.3. The minimum absolute atomic E-state index is 0.123. The molecule has 1 rings (SSSR count). The molecule has 0 spiro atoms. The third-order valence-electron chi connectivity index (χ3n) is 2.20. The molecule has 0 radical (unpaired) electrons. The minimum Gasteiger partial charge on any atom is -0.452 e. The van der Waals surface area contributed by atoms with E-state index in [-0.39, 0.29) is 10.6 Å². The fraction of sp³-hybridized carbons (Fsp3) is 0.231. The van der Waals surface area contributed by atoms with Gasteiger partial charge in [-0.2, -0.15) is 0 Å². The standard InChI is InChI=1S/C13H16N2O5S/c1-9(2)6-13(17)20-8-12(16)15-10-4-3-5-11(7-10)21(14,18)19/h3-7H,8H2,1-2H3,(H,15,16)(H2,14,18,19). The summed E-state index contributed by atoms with van der Waals surface area (Å²) < 4.78 is 27.1. The number of hydrogen-bond acceptors (Lipinski definition) is 5. The highest BCUT2D eigenvalue weighted by molar-refractivity contribution is 7.89. The second kappa shape index (κ2) is 7.00. The van der Waals surface area contributed by atoms with E-state index in [9.17, 15) is 18.0 Å². The van der Waals surface area contributed by atoms with Gasteiger partial charge >= 0.3 is 5.97 Å². The number of carbonyl (C=O) groups is 2. The van der Waals surface area contributed by atoms with Crippen molar-refractivity contribution in [2.75, 3.05) is 11.9 Å². The zero-order valence-electron chi connectivity index (χ0n) is 11.6. The summed E-state index contributed by atoms with van der Waals surface area (Å²) in [5.41, 5.74) is 0.992. The highest BCUT2D eigenvalue weighted by atomic mass is 32.2. The molecule has 0 bridgehead atoms. The average molecular weight is 312 g/mol. The van der Waals surface area contributed by atoms with Gasteiger partial charge in [0.15, 0.2) is 6.61 Å². The monoisotopic (exact) mass is 312 g/mol. The quantitative estimate of drug-likeness (QED) is 0.616. The summed E-state index contributed by atoms with van der Waals surface area (Å²) in [6, 6.07) is 5.44. The Morgan fingerprint density at radius 3 is 2.57 bits per heavy atom. The molecule has 114 valence electrons. The van der Waals surface area contributed by atoms with Crippen LogP contribution in [0.25, 0.3) is 0 Å². The van der Waals surface area contributed by atoms with Crippen LogP contribution in [0.3, 0.4) is 0 Å². The SMILES string of the molecule is CC(C)=CC(=O)OCC(=O)Nc1cccc(S(N)(=O)=O)c1. The summed E-state index contributed by atoms with van der Waals surface area (Å²) >= 11 is 0. The Morgan fingerprint density at radius 2 is 2.00 bits per heavy atom. The molecule has 0 aliphatic rings. The van der Waals surface area contributed by atoms with Crippen LogP contribution < -0.4 is 10.5 Å². The number of hydrogen-bond donors (Lipinski definition) is 2. The van der Waals surface area contributed by atoms with Gasteiger partial charge in [-0.1, -0.05) is 11.6 Å². The van der Waals surface area contributed by atoms with Gasteiger partial charge in [-0.05, 0) is 32.0 Å². The number of nitrogens with two attached hydrogens (primary N) is 1. The molecule has 0 saturated heterocycles. The summed E-state index contributed by atoms with van der Waals surface area (Å²) in [5, 5.41) is 7.39. The van der Waals surface area contributed by atoms with Crippen molar-refractivity contribution >= 4 is 27.6 Å². The Kier molecular flexibility index (Phi) is 5.62. The predicted molar refractivity (Wildman–Crippen MR) is 76.8 cm³/mol. The van der Waals surface area contributed by atoms with Gasteiger partial charge < -0.3 is 10.1 Å². The van der Waals surface area contributed by atoms with Crippen LogP contribution in [-0.2, 0) is 24.3 Å². The van der Waals surface area contributed by atoms with Gasteiger partial charge in [-0.15, -0.1) is 0 Å². The van der Waals surface area contributed by atoms with Crippen molar-refractivity contribution in [2.24, 2.45) is 5.14 Å². The minimum atomic E-state index is -3.84. The number of carbonyl (C=O) groups excluding carboxylic acids is 2. The summed E-state index contributed by atoms with van der Waals surface area (Å²) in [5.74, 6) is -1.21. The number of benzene rings is 1. The number of esters is 1. The number of anilines is 1. The van der Waals surface area contributed by atoms with E-state index < -0.39 is 28.5 Å². The Balaban J connectivity index is 2.64. The summed E-state index contributed by atoms with van der Waals surface area (Å²) in [7, 11) is -3.84. The third kappa shape index (κ3) is 6.19. The summed E-state index contributed by atoms with van der Waals surface area (Å²) in [4.78, 5) is 22.7. The van der Waals surface area contributed by atoms with Gasteiger partial charge in [0.05, 0.1) is 4.90 Å². The van der Waals surface area contributed by atoms with E-state index in [0.29, 0.717) is 0 Å². The largest absolute Gasteiger partial charge is 0.452 e. The van der Waals surface area contributed by atoms with E-state index in [1.807, 2.05) is 0 Å². The first-order valence-electron chi connectivity index (χ1n) is 5.93. The molecule has 0 aliphatic heterocycles. The lowest BCUT2D eigenvalue weighted by molar-refractivity contribution is -0.142. The van der Waals surface area contributed by atoms with Crippen LogP contribution in [-0.4, -0.2) is 26.9 Å². The van der Waals surface area contributed by atoms with Crippen LogP contribution in [0, 0.1) is 0 Å².